The Morgan fingerprint density at radius 3 is 2.57 bits per heavy atom. The highest BCUT2D eigenvalue weighted by Gasteiger charge is 2.16. The summed E-state index contributed by atoms with van der Waals surface area (Å²) in [5.74, 6) is 1.05. The number of carbonyl (C=O) groups is 1. The average molecular weight is 399 g/mol. The van der Waals surface area contributed by atoms with Gasteiger partial charge >= 0.3 is 0 Å². The number of thiophene rings is 1. The molecule has 1 aromatic carbocycles. The van der Waals surface area contributed by atoms with Crippen LogP contribution in [0.4, 0.5) is 11.4 Å². The highest BCUT2D eigenvalue weighted by Crippen LogP contribution is 2.29. The zero-order chi connectivity index (χ0) is 20.3. The maximum atomic E-state index is 12.7. The highest BCUT2D eigenvalue weighted by atomic mass is 32.1. The monoisotopic (exact) mass is 398 g/mol. The van der Waals surface area contributed by atoms with E-state index in [0.29, 0.717) is 18.3 Å². The summed E-state index contributed by atoms with van der Waals surface area (Å²) in [6.45, 7) is 8.34. The lowest BCUT2D eigenvalue weighted by atomic mass is 9.98. The van der Waals surface area contributed by atoms with Crippen LogP contribution < -0.4 is 16.2 Å². The number of hydrogen-bond donors (Lipinski definition) is 3. The number of benzene rings is 1. The Kier molecular flexibility index (Phi) is 6.14. The molecule has 148 valence electrons. The van der Waals surface area contributed by atoms with E-state index in [9.17, 15) is 9.59 Å². The summed E-state index contributed by atoms with van der Waals surface area (Å²) in [7, 11) is 0. The number of amides is 1. The predicted octanol–water partition coefficient (Wildman–Crippen LogP) is 4.45. The molecular formula is C21H26N4O2S. The second-order valence-corrected chi connectivity index (χ2v) is 8.36. The standard InChI is InChI=1S/C21H26N4O2S/c1-5-12(2)10-17-13(3)28-21-19(17)20(27)24-18(25-21)11-22-15-6-8-16(9-7-15)23-14(4)26/h6-9,12,22H,5,10-11H2,1-4H3,(H,23,26)(H,24,25,27)/t12-/m1/s1. The summed E-state index contributed by atoms with van der Waals surface area (Å²) < 4.78 is 0. The molecule has 0 radical (unpaired) electrons. The third kappa shape index (κ3) is 4.59. The van der Waals surface area contributed by atoms with Gasteiger partial charge in [0.1, 0.15) is 10.7 Å². The van der Waals surface area contributed by atoms with Crippen LogP contribution in [0.2, 0.25) is 0 Å². The molecule has 3 aromatic rings. The van der Waals surface area contributed by atoms with Crippen LogP contribution in [0.5, 0.6) is 0 Å². The van der Waals surface area contributed by atoms with Gasteiger partial charge in [-0.2, -0.15) is 0 Å². The van der Waals surface area contributed by atoms with E-state index in [0.717, 1.165) is 40.0 Å². The first-order chi connectivity index (χ1) is 13.4. The number of nitrogens with one attached hydrogen (secondary N) is 3. The summed E-state index contributed by atoms with van der Waals surface area (Å²) in [4.78, 5) is 33.4. The van der Waals surface area contributed by atoms with Gasteiger partial charge in [0.2, 0.25) is 5.91 Å². The Morgan fingerprint density at radius 1 is 1.25 bits per heavy atom. The van der Waals surface area contributed by atoms with Gasteiger partial charge in [0, 0.05) is 23.2 Å². The summed E-state index contributed by atoms with van der Waals surface area (Å²) in [5, 5.41) is 6.73. The van der Waals surface area contributed by atoms with Gasteiger partial charge in [-0.1, -0.05) is 20.3 Å². The minimum absolute atomic E-state index is 0.0644. The van der Waals surface area contributed by atoms with Crippen molar-refractivity contribution in [2.75, 3.05) is 10.6 Å². The molecule has 0 saturated carbocycles. The molecule has 0 fully saturated rings. The maximum Gasteiger partial charge on any atom is 0.259 e. The van der Waals surface area contributed by atoms with Crippen LogP contribution in [0.1, 0.15) is 43.5 Å². The molecule has 2 aromatic heterocycles. The topological polar surface area (TPSA) is 86.9 Å². The summed E-state index contributed by atoms with van der Waals surface area (Å²) in [5.41, 5.74) is 2.70. The molecule has 7 heteroatoms. The summed E-state index contributed by atoms with van der Waals surface area (Å²) in [6, 6.07) is 7.41. The lowest BCUT2D eigenvalue weighted by Crippen LogP contribution is -2.15. The molecule has 1 amide bonds. The van der Waals surface area contributed by atoms with Gasteiger partial charge < -0.3 is 15.6 Å². The zero-order valence-corrected chi connectivity index (χ0v) is 17.5. The number of rotatable bonds is 7. The molecule has 0 saturated heterocycles. The van der Waals surface area contributed by atoms with Gasteiger partial charge in [-0.05, 0) is 49.1 Å². The molecule has 0 aliphatic carbocycles. The van der Waals surface area contributed by atoms with Crippen molar-refractivity contribution in [3.8, 4) is 0 Å². The van der Waals surface area contributed by atoms with Crippen LogP contribution in [0.3, 0.4) is 0 Å². The molecule has 6 nitrogen and oxygen atoms in total. The number of H-pyrrole nitrogens is 1. The van der Waals surface area contributed by atoms with Crippen molar-refractivity contribution in [3.05, 3.63) is 50.9 Å². The highest BCUT2D eigenvalue weighted by molar-refractivity contribution is 7.18. The number of carbonyl (C=O) groups excluding carboxylic acids is 1. The van der Waals surface area contributed by atoms with Gasteiger partial charge in [0.05, 0.1) is 11.9 Å². The molecule has 1 atom stereocenters. The molecule has 0 aliphatic heterocycles. The zero-order valence-electron chi connectivity index (χ0n) is 16.7. The predicted molar refractivity (Wildman–Crippen MR) is 116 cm³/mol. The average Bonchev–Trinajstić information content (AvgIpc) is 2.96. The number of fused-ring (bicyclic) bond motifs is 1. The van der Waals surface area contributed by atoms with Crippen molar-refractivity contribution in [2.45, 2.75) is 47.1 Å². The Morgan fingerprint density at radius 2 is 1.93 bits per heavy atom. The van der Waals surface area contributed by atoms with E-state index in [1.165, 1.54) is 11.8 Å². The number of aromatic amines is 1. The van der Waals surface area contributed by atoms with Crippen LogP contribution in [0.15, 0.2) is 29.1 Å². The summed E-state index contributed by atoms with van der Waals surface area (Å²) in [6.07, 6.45) is 2.00. The lowest BCUT2D eigenvalue weighted by molar-refractivity contribution is -0.114. The second-order valence-electron chi connectivity index (χ2n) is 7.16. The second kappa shape index (κ2) is 8.56. The normalized spacial score (nSPS) is 12.1. The first kappa shape index (κ1) is 20.1. The SMILES string of the molecule is CC[C@@H](C)Cc1c(C)sc2nc(CNc3ccc(NC(C)=O)cc3)[nH]c(=O)c12. The molecule has 0 aliphatic rings. The molecular weight excluding hydrogens is 372 g/mol. The third-order valence-electron chi connectivity index (χ3n) is 4.83. The molecule has 0 bridgehead atoms. The van der Waals surface area contributed by atoms with Crippen LogP contribution in [0, 0.1) is 12.8 Å². The van der Waals surface area contributed by atoms with Crippen molar-refractivity contribution in [2.24, 2.45) is 5.92 Å². The van der Waals surface area contributed by atoms with E-state index in [1.807, 2.05) is 24.3 Å². The fraction of sp³-hybridized carbons (Fsp3) is 0.381. The Bertz CT molecular complexity index is 1040. The number of nitrogens with zero attached hydrogens (tertiary/aromatic N) is 1. The van der Waals surface area contributed by atoms with Gasteiger partial charge in [-0.25, -0.2) is 4.98 Å². The first-order valence-corrected chi connectivity index (χ1v) is 10.3. The van der Waals surface area contributed by atoms with E-state index in [2.05, 4.69) is 41.4 Å². The van der Waals surface area contributed by atoms with Crippen molar-refractivity contribution in [3.63, 3.8) is 0 Å². The van der Waals surface area contributed by atoms with Crippen LogP contribution in [-0.4, -0.2) is 15.9 Å². The number of hydrogen-bond acceptors (Lipinski definition) is 5. The van der Waals surface area contributed by atoms with Crippen molar-refractivity contribution in [1.29, 1.82) is 0 Å². The van der Waals surface area contributed by atoms with E-state index in [-0.39, 0.29) is 11.5 Å². The molecule has 3 rings (SSSR count). The van der Waals surface area contributed by atoms with E-state index >= 15 is 0 Å². The van der Waals surface area contributed by atoms with Crippen LogP contribution in [0.25, 0.3) is 10.2 Å². The number of anilines is 2. The van der Waals surface area contributed by atoms with Crippen molar-refractivity contribution < 1.29 is 4.79 Å². The fourth-order valence-electron chi connectivity index (χ4n) is 3.10. The first-order valence-electron chi connectivity index (χ1n) is 9.50. The minimum Gasteiger partial charge on any atom is -0.378 e. The lowest BCUT2D eigenvalue weighted by Gasteiger charge is -2.09. The fourth-order valence-corrected chi connectivity index (χ4v) is 4.17. The van der Waals surface area contributed by atoms with Crippen LogP contribution >= 0.6 is 11.3 Å². The smallest absolute Gasteiger partial charge is 0.259 e. The molecule has 0 spiro atoms. The minimum atomic E-state index is -0.102. The molecule has 3 N–H and O–H groups in total. The van der Waals surface area contributed by atoms with E-state index < -0.39 is 0 Å². The number of aromatic nitrogens is 2. The maximum absolute atomic E-state index is 12.7. The van der Waals surface area contributed by atoms with E-state index in [4.69, 9.17) is 0 Å². The summed E-state index contributed by atoms with van der Waals surface area (Å²) >= 11 is 1.59. The van der Waals surface area contributed by atoms with Crippen molar-refractivity contribution >= 4 is 38.8 Å². The molecule has 2 heterocycles. The number of aryl methyl sites for hydroxylation is 1. The van der Waals surface area contributed by atoms with Gasteiger partial charge in [-0.3, -0.25) is 9.59 Å². The quantitative estimate of drug-likeness (QED) is 0.549. The Labute approximate surface area is 168 Å². The van der Waals surface area contributed by atoms with Gasteiger partial charge in [0.25, 0.3) is 5.56 Å². The largest absolute Gasteiger partial charge is 0.378 e. The molecule has 0 unspecified atom stereocenters. The van der Waals surface area contributed by atoms with E-state index in [1.54, 1.807) is 11.3 Å². The Hall–Kier alpha value is -2.67. The van der Waals surface area contributed by atoms with Gasteiger partial charge in [0.15, 0.2) is 0 Å². The molecule has 28 heavy (non-hydrogen) atoms. The van der Waals surface area contributed by atoms with Crippen LogP contribution in [-0.2, 0) is 17.8 Å². The van der Waals surface area contributed by atoms with Gasteiger partial charge in [-0.15, -0.1) is 11.3 Å². The Balaban J connectivity index is 1.77. The van der Waals surface area contributed by atoms with Crippen molar-refractivity contribution in [1.82, 2.24) is 9.97 Å². The third-order valence-corrected chi connectivity index (χ3v) is 5.87.